The minimum Gasteiger partial charge on any atom is -0.373 e. The maximum atomic E-state index is 11.7. The lowest BCUT2D eigenvalue weighted by molar-refractivity contribution is -0.136. The molecule has 1 aromatic rings. The molecule has 96 valence electrons. The third-order valence-electron chi connectivity index (χ3n) is 3.22. The summed E-state index contributed by atoms with van der Waals surface area (Å²) in [7, 11) is 1.52. The number of hydrogen-bond donors (Lipinski definition) is 1. The molecule has 1 unspecified atom stereocenters. The van der Waals surface area contributed by atoms with Crippen LogP contribution >= 0.6 is 0 Å². The molecule has 0 spiro atoms. The summed E-state index contributed by atoms with van der Waals surface area (Å²) < 4.78 is 0. The first-order valence-corrected chi connectivity index (χ1v) is 6.27. The quantitative estimate of drug-likeness (QED) is 0.824. The van der Waals surface area contributed by atoms with Crippen LogP contribution in [0.4, 0.5) is 5.69 Å². The van der Waals surface area contributed by atoms with Gasteiger partial charge in [-0.1, -0.05) is 25.5 Å². The fourth-order valence-electron chi connectivity index (χ4n) is 2.13. The van der Waals surface area contributed by atoms with Crippen molar-refractivity contribution in [3.8, 4) is 0 Å². The predicted molar refractivity (Wildman–Crippen MR) is 70.2 cm³/mol. The summed E-state index contributed by atoms with van der Waals surface area (Å²) in [6.07, 6.45) is 2.42. The minimum atomic E-state index is -0.417. The Morgan fingerprint density at radius 1 is 1.28 bits per heavy atom. The van der Waals surface area contributed by atoms with Crippen LogP contribution in [0.3, 0.4) is 0 Å². The number of anilines is 1. The van der Waals surface area contributed by atoms with Gasteiger partial charge >= 0.3 is 0 Å². The molecule has 0 saturated carbocycles. The standard InChI is InChI=1S/C14H18N2O2/c1-3-4-10-5-7-11(8-6-10)15-12-9-13(17)16(2)14(12)18/h5-8,12,15H,3-4,9H2,1-2H3. The van der Waals surface area contributed by atoms with E-state index in [4.69, 9.17) is 0 Å². The first-order valence-electron chi connectivity index (χ1n) is 6.27. The maximum absolute atomic E-state index is 11.7. The van der Waals surface area contributed by atoms with Crippen LogP contribution in [0.5, 0.6) is 0 Å². The van der Waals surface area contributed by atoms with Crippen molar-refractivity contribution < 1.29 is 9.59 Å². The molecule has 1 N–H and O–H groups in total. The van der Waals surface area contributed by atoms with Gasteiger partial charge in [0, 0.05) is 12.7 Å². The second-order valence-corrected chi connectivity index (χ2v) is 4.64. The number of likely N-dealkylation sites (tertiary alicyclic amines) is 1. The zero-order valence-corrected chi connectivity index (χ0v) is 10.8. The average molecular weight is 246 g/mol. The molecule has 18 heavy (non-hydrogen) atoms. The number of nitrogens with one attached hydrogen (secondary N) is 1. The molecule has 1 atom stereocenters. The molecule has 0 aromatic heterocycles. The summed E-state index contributed by atoms with van der Waals surface area (Å²) in [5, 5.41) is 3.11. The summed E-state index contributed by atoms with van der Waals surface area (Å²) >= 11 is 0. The van der Waals surface area contributed by atoms with Gasteiger partial charge < -0.3 is 5.32 Å². The number of imide groups is 1. The highest BCUT2D eigenvalue weighted by atomic mass is 16.2. The summed E-state index contributed by atoms with van der Waals surface area (Å²) in [4.78, 5) is 24.3. The molecule has 0 aliphatic carbocycles. The Labute approximate surface area is 107 Å². The van der Waals surface area contributed by atoms with Gasteiger partial charge in [0.1, 0.15) is 6.04 Å². The molecule has 2 amide bonds. The van der Waals surface area contributed by atoms with Crippen LogP contribution in [0.1, 0.15) is 25.3 Å². The van der Waals surface area contributed by atoms with E-state index < -0.39 is 6.04 Å². The van der Waals surface area contributed by atoms with Gasteiger partial charge in [-0.15, -0.1) is 0 Å². The largest absolute Gasteiger partial charge is 0.373 e. The Hall–Kier alpha value is -1.84. The number of benzene rings is 1. The fourth-order valence-corrected chi connectivity index (χ4v) is 2.13. The number of aryl methyl sites for hydroxylation is 1. The topological polar surface area (TPSA) is 49.4 Å². The van der Waals surface area contributed by atoms with Crippen molar-refractivity contribution in [1.29, 1.82) is 0 Å². The number of carbonyl (C=O) groups excluding carboxylic acids is 2. The predicted octanol–water partition coefficient (Wildman–Crippen LogP) is 1.81. The number of nitrogens with zero attached hydrogens (tertiary/aromatic N) is 1. The second-order valence-electron chi connectivity index (χ2n) is 4.64. The fraction of sp³-hybridized carbons (Fsp3) is 0.429. The van der Waals surface area contributed by atoms with E-state index in [-0.39, 0.29) is 18.2 Å². The van der Waals surface area contributed by atoms with Crippen molar-refractivity contribution in [3.63, 3.8) is 0 Å². The van der Waals surface area contributed by atoms with E-state index in [9.17, 15) is 9.59 Å². The number of hydrogen-bond acceptors (Lipinski definition) is 3. The van der Waals surface area contributed by atoms with Crippen LogP contribution in [0, 0.1) is 0 Å². The highest BCUT2D eigenvalue weighted by molar-refractivity contribution is 6.06. The van der Waals surface area contributed by atoms with E-state index in [2.05, 4.69) is 24.4 Å². The van der Waals surface area contributed by atoms with Gasteiger partial charge in [0.2, 0.25) is 5.91 Å². The molecule has 1 aliphatic rings. The summed E-state index contributed by atoms with van der Waals surface area (Å²) in [5.74, 6) is -0.280. The van der Waals surface area contributed by atoms with Gasteiger partial charge in [0.15, 0.2) is 0 Å². The van der Waals surface area contributed by atoms with E-state index in [1.165, 1.54) is 17.5 Å². The van der Waals surface area contributed by atoms with Gasteiger partial charge in [-0.05, 0) is 24.1 Å². The lowest BCUT2D eigenvalue weighted by Gasteiger charge is -2.12. The number of amides is 2. The van der Waals surface area contributed by atoms with Gasteiger partial charge in [-0.25, -0.2) is 0 Å². The molecule has 1 aromatic carbocycles. The Kier molecular flexibility index (Phi) is 3.65. The van der Waals surface area contributed by atoms with Crippen molar-refractivity contribution in [2.45, 2.75) is 32.2 Å². The van der Waals surface area contributed by atoms with Crippen LogP contribution in [0.15, 0.2) is 24.3 Å². The van der Waals surface area contributed by atoms with Gasteiger partial charge in [0.25, 0.3) is 5.91 Å². The molecule has 4 nitrogen and oxygen atoms in total. The van der Waals surface area contributed by atoms with E-state index in [0.29, 0.717) is 0 Å². The zero-order valence-electron chi connectivity index (χ0n) is 10.8. The maximum Gasteiger partial charge on any atom is 0.251 e. The van der Waals surface area contributed by atoms with Gasteiger partial charge in [-0.3, -0.25) is 14.5 Å². The Morgan fingerprint density at radius 2 is 1.94 bits per heavy atom. The number of carbonyl (C=O) groups is 2. The van der Waals surface area contributed by atoms with Crippen molar-refractivity contribution in [2.24, 2.45) is 0 Å². The lowest BCUT2D eigenvalue weighted by atomic mass is 10.1. The average Bonchev–Trinajstić information content (AvgIpc) is 2.60. The van der Waals surface area contributed by atoms with Crippen LogP contribution in [-0.2, 0) is 16.0 Å². The molecular formula is C14H18N2O2. The Bertz CT molecular complexity index is 453. The lowest BCUT2D eigenvalue weighted by Crippen LogP contribution is -2.31. The van der Waals surface area contributed by atoms with E-state index in [1.54, 1.807) is 0 Å². The SMILES string of the molecule is CCCc1ccc(NC2CC(=O)N(C)C2=O)cc1. The number of likely N-dealkylation sites (N-methyl/N-ethyl adjacent to an activating group) is 1. The first-order chi connectivity index (χ1) is 8.61. The molecule has 2 rings (SSSR count). The highest BCUT2D eigenvalue weighted by Crippen LogP contribution is 2.18. The van der Waals surface area contributed by atoms with E-state index in [1.807, 2.05) is 12.1 Å². The van der Waals surface area contributed by atoms with E-state index >= 15 is 0 Å². The molecule has 0 bridgehead atoms. The van der Waals surface area contributed by atoms with Gasteiger partial charge in [0.05, 0.1) is 6.42 Å². The third kappa shape index (κ3) is 2.53. The molecule has 1 saturated heterocycles. The first kappa shape index (κ1) is 12.6. The van der Waals surface area contributed by atoms with E-state index in [0.717, 1.165) is 18.5 Å². The molecule has 4 heteroatoms. The summed E-state index contributed by atoms with van der Waals surface area (Å²) in [6.45, 7) is 2.14. The van der Waals surface area contributed by atoms with Crippen LogP contribution in [0.2, 0.25) is 0 Å². The molecule has 1 aliphatic heterocycles. The molecular weight excluding hydrogens is 228 g/mol. The van der Waals surface area contributed by atoms with Gasteiger partial charge in [-0.2, -0.15) is 0 Å². The van der Waals surface area contributed by atoms with Crippen molar-refractivity contribution >= 4 is 17.5 Å². The highest BCUT2D eigenvalue weighted by Gasteiger charge is 2.35. The van der Waals surface area contributed by atoms with Crippen molar-refractivity contribution in [3.05, 3.63) is 29.8 Å². The Morgan fingerprint density at radius 3 is 2.44 bits per heavy atom. The summed E-state index contributed by atoms with van der Waals surface area (Å²) in [6, 6.07) is 7.61. The third-order valence-corrected chi connectivity index (χ3v) is 3.22. The smallest absolute Gasteiger partial charge is 0.251 e. The molecule has 0 radical (unpaired) electrons. The van der Waals surface area contributed by atoms with Crippen molar-refractivity contribution in [2.75, 3.05) is 12.4 Å². The van der Waals surface area contributed by atoms with Crippen LogP contribution in [0.25, 0.3) is 0 Å². The van der Waals surface area contributed by atoms with Crippen molar-refractivity contribution in [1.82, 2.24) is 4.90 Å². The zero-order chi connectivity index (χ0) is 13.1. The Balaban J connectivity index is 2.02. The molecule has 1 heterocycles. The minimum absolute atomic E-state index is 0.125. The monoisotopic (exact) mass is 246 g/mol. The number of rotatable bonds is 4. The normalized spacial score (nSPS) is 19.4. The van der Waals surface area contributed by atoms with Crippen LogP contribution in [-0.4, -0.2) is 29.8 Å². The summed E-state index contributed by atoms with van der Waals surface area (Å²) in [5.41, 5.74) is 2.17. The molecule has 1 fully saturated rings. The van der Waals surface area contributed by atoms with Crippen LogP contribution < -0.4 is 5.32 Å². The second kappa shape index (κ2) is 5.21.